The number of nitrogens with zero attached hydrogens (tertiary/aromatic N) is 1. The lowest BCUT2D eigenvalue weighted by Gasteiger charge is -2.36. The number of phenolic OH excluding ortho intramolecular Hbond substituents is 1. The number of aromatic hydroxyl groups is 1. The molecule has 1 aliphatic rings. The van der Waals surface area contributed by atoms with Gasteiger partial charge in [-0.2, -0.15) is 0 Å². The number of nitrogens with one attached hydrogen (secondary N) is 1. The Hall–Kier alpha value is -3.03. The van der Waals surface area contributed by atoms with E-state index in [1.807, 2.05) is 69.5 Å². The van der Waals surface area contributed by atoms with Crippen molar-refractivity contribution >= 4 is 41.2 Å². The average molecular weight is 500 g/mol. The summed E-state index contributed by atoms with van der Waals surface area (Å²) in [5.41, 5.74) is 10.3. The fourth-order valence-electron chi connectivity index (χ4n) is 4.08. The third-order valence-corrected chi connectivity index (χ3v) is 7.30. The first-order valence-corrected chi connectivity index (χ1v) is 11.8. The zero-order valence-electron chi connectivity index (χ0n) is 19.8. The molecule has 4 N–H and O–H groups in total. The lowest BCUT2D eigenvalue weighted by atomic mass is 9.86. The zero-order chi connectivity index (χ0) is 23.8. The number of amides is 1. The second kappa shape index (κ2) is 10.1. The number of rotatable bonds is 5. The standard InChI is InChI=1S/C26H29N3O3S.ClH/c1-15-16(2)23-20(17(3)22(15)30)11-12-26(4,32-23)25(31)28-14-18-7-9-19(10-8-18)29-24(27)21-6-5-13-33-21;/h5-10,13,30H,11-12,14H2,1-4H3,(H2,27,29)(H,28,31);1H. The first-order chi connectivity index (χ1) is 15.7. The smallest absolute Gasteiger partial charge is 0.264 e. The molecule has 180 valence electrons. The molecule has 0 saturated carbocycles. The van der Waals surface area contributed by atoms with E-state index in [1.54, 1.807) is 11.3 Å². The van der Waals surface area contributed by atoms with E-state index in [2.05, 4.69) is 10.3 Å². The van der Waals surface area contributed by atoms with Gasteiger partial charge in [-0.1, -0.05) is 18.2 Å². The number of carbonyl (C=O) groups is 1. The number of hydrogen-bond donors (Lipinski definition) is 3. The Morgan fingerprint density at radius 3 is 2.53 bits per heavy atom. The van der Waals surface area contributed by atoms with Crippen molar-refractivity contribution in [3.05, 3.63) is 74.5 Å². The molecular formula is C26H30ClN3O3S. The molecule has 1 aliphatic heterocycles. The van der Waals surface area contributed by atoms with Crippen molar-refractivity contribution in [2.24, 2.45) is 10.7 Å². The monoisotopic (exact) mass is 499 g/mol. The number of amidine groups is 1. The van der Waals surface area contributed by atoms with Crippen molar-refractivity contribution in [3.8, 4) is 11.5 Å². The van der Waals surface area contributed by atoms with E-state index in [9.17, 15) is 9.90 Å². The molecule has 0 saturated heterocycles. The molecule has 1 amide bonds. The van der Waals surface area contributed by atoms with Gasteiger partial charge in [0.2, 0.25) is 0 Å². The number of halogens is 1. The number of hydrogen-bond acceptors (Lipinski definition) is 5. The summed E-state index contributed by atoms with van der Waals surface area (Å²) in [6.07, 6.45) is 1.22. The van der Waals surface area contributed by atoms with Gasteiger partial charge in [0.25, 0.3) is 5.91 Å². The summed E-state index contributed by atoms with van der Waals surface area (Å²) in [4.78, 5) is 18.5. The first kappa shape index (κ1) is 25.6. The minimum Gasteiger partial charge on any atom is -0.507 e. The van der Waals surface area contributed by atoms with E-state index in [1.165, 1.54) is 0 Å². The number of aliphatic imine (C=N–C) groups is 1. The van der Waals surface area contributed by atoms with Crippen LogP contribution in [0.25, 0.3) is 0 Å². The molecule has 3 aromatic rings. The molecule has 2 heterocycles. The van der Waals surface area contributed by atoms with E-state index in [0.717, 1.165) is 44.1 Å². The van der Waals surface area contributed by atoms with Crippen LogP contribution in [0.3, 0.4) is 0 Å². The van der Waals surface area contributed by atoms with Crippen LogP contribution >= 0.6 is 23.7 Å². The van der Waals surface area contributed by atoms with E-state index < -0.39 is 5.60 Å². The van der Waals surface area contributed by atoms with E-state index >= 15 is 0 Å². The highest BCUT2D eigenvalue weighted by Gasteiger charge is 2.40. The maximum atomic E-state index is 13.1. The molecule has 8 heteroatoms. The van der Waals surface area contributed by atoms with Crippen molar-refractivity contribution < 1.29 is 14.6 Å². The minimum atomic E-state index is -0.965. The maximum Gasteiger partial charge on any atom is 0.264 e. The molecule has 0 fully saturated rings. The molecule has 0 radical (unpaired) electrons. The quantitative estimate of drug-likeness (QED) is 0.330. The summed E-state index contributed by atoms with van der Waals surface area (Å²) in [6.45, 7) is 7.91. The predicted molar refractivity (Wildman–Crippen MR) is 140 cm³/mol. The molecule has 4 rings (SSSR count). The van der Waals surface area contributed by atoms with Crippen molar-refractivity contribution in [1.82, 2.24) is 5.32 Å². The van der Waals surface area contributed by atoms with Crippen molar-refractivity contribution in [2.45, 2.75) is 52.7 Å². The highest BCUT2D eigenvalue weighted by Crippen LogP contribution is 2.43. The molecule has 1 atom stereocenters. The average Bonchev–Trinajstić information content (AvgIpc) is 3.36. The number of benzene rings is 2. The molecule has 0 aliphatic carbocycles. The van der Waals surface area contributed by atoms with E-state index in [-0.39, 0.29) is 18.3 Å². The largest absolute Gasteiger partial charge is 0.507 e. The van der Waals surface area contributed by atoms with E-state index in [4.69, 9.17) is 10.5 Å². The van der Waals surface area contributed by atoms with Crippen LogP contribution in [0.15, 0.2) is 46.8 Å². The first-order valence-electron chi connectivity index (χ1n) is 11.0. The van der Waals surface area contributed by atoms with Gasteiger partial charge in [-0.15, -0.1) is 23.7 Å². The van der Waals surface area contributed by atoms with Crippen molar-refractivity contribution in [1.29, 1.82) is 0 Å². The van der Waals surface area contributed by atoms with Gasteiger partial charge in [0, 0.05) is 18.5 Å². The molecule has 0 bridgehead atoms. The zero-order valence-corrected chi connectivity index (χ0v) is 21.4. The fourth-order valence-corrected chi connectivity index (χ4v) is 4.71. The number of nitrogens with two attached hydrogens (primary N) is 1. The number of phenols is 1. The summed E-state index contributed by atoms with van der Waals surface area (Å²) in [7, 11) is 0. The third-order valence-electron chi connectivity index (χ3n) is 6.41. The number of fused-ring (bicyclic) bond motifs is 1. The normalized spacial score (nSPS) is 17.4. The molecule has 0 spiro atoms. The van der Waals surface area contributed by atoms with Gasteiger partial charge in [0.15, 0.2) is 5.60 Å². The van der Waals surface area contributed by atoms with Gasteiger partial charge in [-0.3, -0.25) is 4.79 Å². The Morgan fingerprint density at radius 1 is 1.18 bits per heavy atom. The summed E-state index contributed by atoms with van der Waals surface area (Å²) in [5, 5.41) is 15.3. The lowest BCUT2D eigenvalue weighted by molar-refractivity contribution is -0.137. The van der Waals surface area contributed by atoms with Crippen LogP contribution in [0.2, 0.25) is 0 Å². The Labute approximate surface area is 210 Å². The SMILES string of the molecule is Cc1c(C)c2c(c(C)c1O)CCC(C)(C(=O)NCc1ccc(N=C(N)c3cccs3)cc1)O2.Cl. The highest BCUT2D eigenvalue weighted by atomic mass is 35.5. The molecule has 2 aromatic carbocycles. The van der Waals surface area contributed by atoms with Gasteiger partial charge in [-0.25, -0.2) is 4.99 Å². The van der Waals surface area contributed by atoms with Crippen LogP contribution in [-0.4, -0.2) is 22.5 Å². The van der Waals surface area contributed by atoms with Gasteiger partial charge < -0.3 is 20.9 Å². The van der Waals surface area contributed by atoms with Crippen LogP contribution in [0.1, 0.15) is 46.0 Å². The summed E-state index contributed by atoms with van der Waals surface area (Å²) >= 11 is 1.55. The number of carbonyl (C=O) groups excluding carboxylic acids is 1. The van der Waals surface area contributed by atoms with Crippen LogP contribution in [-0.2, 0) is 17.8 Å². The summed E-state index contributed by atoms with van der Waals surface area (Å²) in [5.74, 6) is 1.37. The second-order valence-electron chi connectivity index (χ2n) is 8.69. The fraction of sp³-hybridized carbons (Fsp3) is 0.308. The molecule has 6 nitrogen and oxygen atoms in total. The van der Waals surface area contributed by atoms with Crippen LogP contribution < -0.4 is 15.8 Å². The highest BCUT2D eigenvalue weighted by molar-refractivity contribution is 7.12. The summed E-state index contributed by atoms with van der Waals surface area (Å²) in [6, 6.07) is 11.5. The Kier molecular flexibility index (Phi) is 7.58. The topological polar surface area (TPSA) is 96.9 Å². The predicted octanol–water partition coefficient (Wildman–Crippen LogP) is 5.24. The van der Waals surface area contributed by atoms with Crippen molar-refractivity contribution in [2.75, 3.05) is 0 Å². The van der Waals surface area contributed by atoms with Gasteiger partial charge in [0.05, 0.1) is 10.6 Å². The second-order valence-corrected chi connectivity index (χ2v) is 9.64. The van der Waals surface area contributed by atoms with Gasteiger partial charge in [0.1, 0.15) is 17.3 Å². The van der Waals surface area contributed by atoms with Crippen LogP contribution in [0.4, 0.5) is 5.69 Å². The van der Waals surface area contributed by atoms with Crippen LogP contribution in [0, 0.1) is 20.8 Å². The Balaban J connectivity index is 0.00000324. The molecule has 1 unspecified atom stereocenters. The number of thiophene rings is 1. The van der Waals surface area contributed by atoms with E-state index in [0.29, 0.717) is 31.0 Å². The Morgan fingerprint density at radius 2 is 1.88 bits per heavy atom. The molecular weight excluding hydrogens is 470 g/mol. The maximum absolute atomic E-state index is 13.1. The molecule has 1 aromatic heterocycles. The lowest BCUT2D eigenvalue weighted by Crippen LogP contribution is -2.50. The molecule has 34 heavy (non-hydrogen) atoms. The third kappa shape index (κ3) is 4.91. The Bertz CT molecular complexity index is 1220. The van der Waals surface area contributed by atoms with Crippen LogP contribution in [0.5, 0.6) is 11.5 Å². The number of ether oxygens (including phenoxy) is 1. The minimum absolute atomic E-state index is 0. The summed E-state index contributed by atoms with van der Waals surface area (Å²) < 4.78 is 6.26. The van der Waals surface area contributed by atoms with Gasteiger partial charge in [-0.05, 0) is 79.9 Å². The van der Waals surface area contributed by atoms with Gasteiger partial charge >= 0.3 is 0 Å². The van der Waals surface area contributed by atoms with Crippen molar-refractivity contribution in [3.63, 3.8) is 0 Å².